The molecule has 7 nitrogen and oxygen atoms in total. The van der Waals surface area contributed by atoms with Crippen molar-refractivity contribution in [3.63, 3.8) is 0 Å². The van der Waals surface area contributed by atoms with Crippen molar-refractivity contribution in [3.8, 4) is 5.75 Å². The summed E-state index contributed by atoms with van der Waals surface area (Å²) in [6, 6.07) is 11.4. The Morgan fingerprint density at radius 2 is 2.08 bits per heavy atom. The highest BCUT2D eigenvalue weighted by atomic mass is 16.6. The number of non-ortho nitro benzene ring substituents is 1. The zero-order valence-electron chi connectivity index (χ0n) is 14.6. The molecule has 1 heterocycles. The summed E-state index contributed by atoms with van der Waals surface area (Å²) in [5.41, 5.74) is 1.63. The van der Waals surface area contributed by atoms with Gasteiger partial charge in [-0.25, -0.2) is 0 Å². The summed E-state index contributed by atoms with van der Waals surface area (Å²) < 4.78 is 5.66. The van der Waals surface area contributed by atoms with Gasteiger partial charge in [-0.3, -0.25) is 19.9 Å². The van der Waals surface area contributed by atoms with E-state index in [1.165, 1.54) is 12.1 Å². The number of hydrogen-bond donors (Lipinski definition) is 0. The Hall–Kier alpha value is -3.22. The Morgan fingerprint density at radius 1 is 1.27 bits per heavy atom. The van der Waals surface area contributed by atoms with Gasteiger partial charge < -0.3 is 9.64 Å². The van der Waals surface area contributed by atoms with Gasteiger partial charge in [-0.1, -0.05) is 6.07 Å². The quantitative estimate of drug-likeness (QED) is 0.622. The molecule has 7 heteroatoms. The van der Waals surface area contributed by atoms with E-state index < -0.39 is 4.92 Å². The minimum Gasteiger partial charge on any atom is -0.491 e. The van der Waals surface area contributed by atoms with Gasteiger partial charge in [0.2, 0.25) is 0 Å². The zero-order valence-corrected chi connectivity index (χ0v) is 14.6. The van der Waals surface area contributed by atoms with E-state index in [1.807, 2.05) is 13.8 Å². The molecule has 0 bridgehead atoms. The average molecular weight is 353 g/mol. The first-order valence-electron chi connectivity index (χ1n) is 8.32. The molecule has 0 saturated heterocycles. The van der Waals surface area contributed by atoms with Crippen LogP contribution in [0.1, 0.15) is 29.8 Å². The van der Waals surface area contributed by atoms with Crippen LogP contribution in [0.2, 0.25) is 0 Å². The van der Waals surface area contributed by atoms with E-state index in [4.69, 9.17) is 4.74 Å². The van der Waals surface area contributed by atoms with Gasteiger partial charge in [0.25, 0.3) is 11.6 Å². The molecule has 0 unspecified atom stereocenters. The number of nitro groups is 1. The van der Waals surface area contributed by atoms with Gasteiger partial charge in [-0.05, 0) is 38.1 Å². The number of carbonyl (C=O) groups is 1. The SMILES string of the molecule is CC(C)Oc1cccc(C(=O)N2CCN=Cc3cc([N+](=O)[O-])ccc32)c1. The van der Waals surface area contributed by atoms with Gasteiger partial charge in [-0.2, -0.15) is 0 Å². The van der Waals surface area contributed by atoms with Gasteiger partial charge in [0, 0.05) is 36.0 Å². The minimum atomic E-state index is -0.460. The van der Waals surface area contributed by atoms with Gasteiger partial charge in [0.15, 0.2) is 0 Å². The molecule has 0 spiro atoms. The van der Waals surface area contributed by atoms with E-state index >= 15 is 0 Å². The number of nitro benzene ring substituents is 1. The van der Waals surface area contributed by atoms with Crippen molar-refractivity contribution in [2.75, 3.05) is 18.0 Å². The number of fused-ring (bicyclic) bond motifs is 1. The number of benzodiazepines with no additional fused rings is 1. The van der Waals surface area contributed by atoms with Crippen molar-refractivity contribution in [3.05, 3.63) is 63.7 Å². The van der Waals surface area contributed by atoms with Gasteiger partial charge >= 0.3 is 0 Å². The predicted octanol–water partition coefficient (Wildman–Crippen LogP) is 3.46. The van der Waals surface area contributed by atoms with Crippen LogP contribution in [0.5, 0.6) is 5.75 Å². The fraction of sp³-hybridized carbons (Fsp3) is 0.263. The highest BCUT2D eigenvalue weighted by Crippen LogP contribution is 2.27. The summed E-state index contributed by atoms with van der Waals surface area (Å²) >= 11 is 0. The molecule has 0 aromatic heterocycles. The fourth-order valence-electron chi connectivity index (χ4n) is 2.79. The van der Waals surface area contributed by atoms with Crippen LogP contribution in [0.3, 0.4) is 0 Å². The van der Waals surface area contributed by atoms with Crippen molar-refractivity contribution < 1.29 is 14.5 Å². The van der Waals surface area contributed by atoms with Crippen molar-refractivity contribution in [1.29, 1.82) is 0 Å². The maximum absolute atomic E-state index is 13.1. The summed E-state index contributed by atoms with van der Waals surface area (Å²) in [5.74, 6) is 0.431. The van der Waals surface area contributed by atoms with Crippen LogP contribution in [0.4, 0.5) is 11.4 Å². The monoisotopic (exact) mass is 353 g/mol. The number of nitrogens with zero attached hydrogens (tertiary/aromatic N) is 3. The van der Waals surface area contributed by atoms with E-state index in [0.717, 1.165) is 0 Å². The highest BCUT2D eigenvalue weighted by Gasteiger charge is 2.23. The second kappa shape index (κ2) is 7.35. The van der Waals surface area contributed by atoms with Crippen molar-refractivity contribution >= 4 is 23.5 Å². The van der Waals surface area contributed by atoms with E-state index in [1.54, 1.807) is 41.4 Å². The molecule has 0 N–H and O–H groups in total. The maximum atomic E-state index is 13.1. The van der Waals surface area contributed by atoms with Crippen molar-refractivity contribution in [2.45, 2.75) is 20.0 Å². The fourth-order valence-corrected chi connectivity index (χ4v) is 2.79. The molecule has 134 valence electrons. The number of rotatable bonds is 4. The first-order chi connectivity index (χ1) is 12.5. The first kappa shape index (κ1) is 17.6. The topological polar surface area (TPSA) is 85.0 Å². The standard InChI is InChI=1S/C19H19N3O4/c1-13(2)26-17-5-3-4-14(11-17)19(23)21-9-8-20-12-15-10-16(22(24)25)6-7-18(15)21/h3-7,10-13H,8-9H2,1-2H3. The molecule has 2 aromatic carbocycles. The van der Waals surface area contributed by atoms with Gasteiger partial charge in [0.1, 0.15) is 5.75 Å². The van der Waals surface area contributed by atoms with Gasteiger partial charge in [0.05, 0.1) is 23.3 Å². The first-order valence-corrected chi connectivity index (χ1v) is 8.32. The number of aliphatic imine (C=N–C) groups is 1. The summed E-state index contributed by atoms with van der Waals surface area (Å²) in [6.07, 6.45) is 1.58. The van der Waals surface area contributed by atoms with Crippen molar-refractivity contribution in [2.24, 2.45) is 4.99 Å². The number of benzene rings is 2. The van der Waals surface area contributed by atoms with Crippen LogP contribution in [-0.4, -0.2) is 36.2 Å². The van der Waals surface area contributed by atoms with Crippen LogP contribution < -0.4 is 9.64 Å². The number of ether oxygens (including phenoxy) is 1. The Kier molecular flexibility index (Phi) is 4.97. The summed E-state index contributed by atoms with van der Waals surface area (Å²) in [4.78, 5) is 29.4. The molecule has 0 saturated carbocycles. The summed E-state index contributed by atoms with van der Waals surface area (Å²) in [7, 11) is 0. The Balaban J connectivity index is 1.95. The molecule has 3 rings (SSSR count). The molecule has 0 radical (unpaired) electrons. The zero-order chi connectivity index (χ0) is 18.7. The lowest BCUT2D eigenvalue weighted by Crippen LogP contribution is -2.33. The normalized spacial score (nSPS) is 13.3. The minimum absolute atomic E-state index is 0.00761. The molecule has 0 atom stereocenters. The second-order valence-electron chi connectivity index (χ2n) is 6.19. The van der Waals surface area contributed by atoms with Crippen LogP contribution >= 0.6 is 0 Å². The number of hydrogen-bond acceptors (Lipinski definition) is 5. The molecular formula is C19H19N3O4. The van der Waals surface area contributed by atoms with E-state index in [2.05, 4.69) is 4.99 Å². The summed E-state index contributed by atoms with van der Waals surface area (Å²) in [6.45, 7) is 4.67. The third-order valence-electron chi connectivity index (χ3n) is 3.89. The average Bonchev–Trinajstić information content (AvgIpc) is 2.82. The molecule has 1 amide bonds. The van der Waals surface area contributed by atoms with Crippen LogP contribution in [-0.2, 0) is 0 Å². The van der Waals surface area contributed by atoms with Gasteiger partial charge in [-0.15, -0.1) is 0 Å². The molecular weight excluding hydrogens is 334 g/mol. The van der Waals surface area contributed by atoms with Crippen molar-refractivity contribution in [1.82, 2.24) is 0 Å². The van der Waals surface area contributed by atoms with Crippen LogP contribution in [0.15, 0.2) is 47.5 Å². The molecule has 0 fully saturated rings. The molecule has 2 aromatic rings. The molecule has 0 aliphatic carbocycles. The smallest absolute Gasteiger partial charge is 0.270 e. The second-order valence-corrected chi connectivity index (χ2v) is 6.19. The highest BCUT2D eigenvalue weighted by molar-refractivity contribution is 6.09. The summed E-state index contributed by atoms with van der Waals surface area (Å²) in [5, 5.41) is 11.0. The Labute approximate surface area is 151 Å². The largest absolute Gasteiger partial charge is 0.491 e. The maximum Gasteiger partial charge on any atom is 0.270 e. The Bertz CT molecular complexity index is 877. The van der Waals surface area contributed by atoms with E-state index in [9.17, 15) is 14.9 Å². The molecule has 26 heavy (non-hydrogen) atoms. The molecule has 1 aliphatic rings. The molecule has 1 aliphatic heterocycles. The predicted molar refractivity (Wildman–Crippen MR) is 99.4 cm³/mol. The number of anilines is 1. The number of amides is 1. The Morgan fingerprint density at radius 3 is 2.81 bits per heavy atom. The van der Waals surface area contributed by atoms with Crippen LogP contribution in [0, 0.1) is 10.1 Å². The van der Waals surface area contributed by atoms with E-state index in [-0.39, 0.29) is 17.7 Å². The lowest BCUT2D eigenvalue weighted by molar-refractivity contribution is -0.384. The third-order valence-corrected chi connectivity index (χ3v) is 3.89. The lowest BCUT2D eigenvalue weighted by atomic mass is 10.1. The lowest BCUT2D eigenvalue weighted by Gasteiger charge is -2.22. The van der Waals surface area contributed by atoms with E-state index in [0.29, 0.717) is 35.7 Å². The number of carbonyl (C=O) groups excluding carboxylic acids is 1. The van der Waals surface area contributed by atoms with Crippen LogP contribution in [0.25, 0.3) is 0 Å². The third kappa shape index (κ3) is 3.72.